The monoisotopic (exact) mass is 416 g/mol. The second kappa shape index (κ2) is 9.00. The predicted octanol–water partition coefficient (Wildman–Crippen LogP) is 1.80. The first-order valence-electron chi connectivity index (χ1n) is 9.26. The molecule has 0 saturated heterocycles. The van der Waals surface area contributed by atoms with Gasteiger partial charge in [0.1, 0.15) is 29.1 Å². The third kappa shape index (κ3) is 4.98. The third-order valence-electron chi connectivity index (χ3n) is 4.70. The minimum Gasteiger partial charge on any atom is -0.468 e. The quantitative estimate of drug-likeness (QED) is 0.473. The van der Waals surface area contributed by atoms with Crippen LogP contribution in [-0.4, -0.2) is 36.9 Å². The lowest BCUT2D eigenvalue weighted by Crippen LogP contribution is -2.59. The number of benzene rings is 2. The van der Waals surface area contributed by atoms with Gasteiger partial charge in [0.05, 0.1) is 13.7 Å². The number of carbonyl (C=O) groups is 2. The number of hydrogen-bond acceptors (Lipinski definition) is 6. The van der Waals surface area contributed by atoms with E-state index in [1.54, 1.807) is 31.2 Å². The van der Waals surface area contributed by atoms with Crippen molar-refractivity contribution in [3.8, 4) is 0 Å². The average Bonchev–Trinajstić information content (AvgIpc) is 3.09. The van der Waals surface area contributed by atoms with E-state index in [1.165, 1.54) is 19.2 Å². The van der Waals surface area contributed by atoms with Crippen molar-refractivity contribution in [3.63, 3.8) is 0 Å². The fourth-order valence-corrected chi connectivity index (χ4v) is 3.10. The maximum Gasteiger partial charge on any atom is 0.329 e. The van der Waals surface area contributed by atoms with Crippen LogP contribution in [0.4, 0.5) is 8.78 Å². The molecule has 3 N–H and O–H groups in total. The number of amidine groups is 1. The van der Waals surface area contributed by atoms with E-state index in [1.807, 2.05) is 6.07 Å². The van der Waals surface area contributed by atoms with E-state index in [4.69, 9.17) is 4.74 Å². The molecular formula is C21H22F2N4O3. The van der Waals surface area contributed by atoms with Crippen molar-refractivity contribution >= 4 is 17.7 Å². The summed E-state index contributed by atoms with van der Waals surface area (Å²) >= 11 is 0. The molecule has 9 heteroatoms. The minimum atomic E-state index is -1.09. The second-order valence-corrected chi connectivity index (χ2v) is 7.14. The number of aliphatic imine (C=N–C) groups is 1. The van der Waals surface area contributed by atoms with Crippen molar-refractivity contribution in [2.75, 3.05) is 13.7 Å². The molecule has 2 aromatic carbocycles. The van der Waals surface area contributed by atoms with Crippen LogP contribution >= 0.6 is 0 Å². The van der Waals surface area contributed by atoms with Crippen LogP contribution in [0.3, 0.4) is 0 Å². The normalized spacial score (nSPS) is 18.9. The van der Waals surface area contributed by atoms with Gasteiger partial charge in [0.15, 0.2) is 0 Å². The summed E-state index contributed by atoms with van der Waals surface area (Å²) < 4.78 is 31.6. The number of amides is 1. The fraction of sp³-hybridized carbons (Fsp3) is 0.286. The van der Waals surface area contributed by atoms with Crippen molar-refractivity contribution in [3.05, 3.63) is 71.3 Å². The van der Waals surface area contributed by atoms with Crippen LogP contribution in [-0.2, 0) is 20.7 Å². The molecular weight excluding hydrogens is 394 g/mol. The molecule has 0 fully saturated rings. The molecule has 3 rings (SSSR count). The average molecular weight is 416 g/mol. The first-order chi connectivity index (χ1) is 14.3. The van der Waals surface area contributed by atoms with Gasteiger partial charge in [0, 0.05) is 12.5 Å². The number of hydrazine groups is 1. The molecule has 1 amide bonds. The molecule has 1 unspecified atom stereocenters. The highest BCUT2D eigenvalue weighted by Crippen LogP contribution is 2.17. The lowest BCUT2D eigenvalue weighted by Gasteiger charge is -2.25. The lowest BCUT2D eigenvalue weighted by molar-refractivity contribution is -0.144. The van der Waals surface area contributed by atoms with Gasteiger partial charge in [-0.2, -0.15) is 0 Å². The summed E-state index contributed by atoms with van der Waals surface area (Å²) in [5.74, 6) is -1.93. The van der Waals surface area contributed by atoms with Crippen LogP contribution in [0.2, 0.25) is 0 Å². The van der Waals surface area contributed by atoms with E-state index in [0.29, 0.717) is 17.0 Å². The van der Waals surface area contributed by atoms with E-state index in [0.717, 1.165) is 6.07 Å². The van der Waals surface area contributed by atoms with Crippen molar-refractivity contribution < 1.29 is 23.1 Å². The molecule has 1 heterocycles. The fourth-order valence-electron chi connectivity index (χ4n) is 3.10. The standard InChI is InChI=1S/C21H22F2N4O3/c1-21(12-24-17(25-21)10-13-8-15(22)11-16(23)9-13)20(29)27-26-18(19(28)30-2)14-6-4-3-5-7-14/h3-9,11,18,26H,10,12H2,1-2H3,(H,24,25)(H,27,29)/t18-,21?/m0/s1. The molecule has 1 aliphatic heterocycles. The predicted molar refractivity (Wildman–Crippen MR) is 106 cm³/mol. The van der Waals surface area contributed by atoms with Gasteiger partial charge < -0.3 is 10.1 Å². The summed E-state index contributed by atoms with van der Waals surface area (Å²) in [6, 6.07) is 11.1. The molecule has 7 nitrogen and oxygen atoms in total. The van der Waals surface area contributed by atoms with Crippen molar-refractivity contribution in [2.45, 2.75) is 24.9 Å². The van der Waals surface area contributed by atoms with Crippen molar-refractivity contribution in [2.24, 2.45) is 4.99 Å². The molecule has 2 aromatic rings. The smallest absolute Gasteiger partial charge is 0.329 e. The van der Waals surface area contributed by atoms with Gasteiger partial charge in [-0.3, -0.25) is 15.2 Å². The summed E-state index contributed by atoms with van der Waals surface area (Å²) in [4.78, 5) is 29.1. The Morgan fingerprint density at radius 1 is 1.20 bits per heavy atom. The first-order valence-corrected chi connectivity index (χ1v) is 9.26. The number of nitrogens with zero attached hydrogens (tertiary/aromatic N) is 1. The number of esters is 1. The van der Waals surface area contributed by atoms with Crippen LogP contribution in [0.25, 0.3) is 0 Å². The van der Waals surface area contributed by atoms with E-state index in [9.17, 15) is 18.4 Å². The molecule has 158 valence electrons. The van der Waals surface area contributed by atoms with Gasteiger partial charge in [0.2, 0.25) is 0 Å². The van der Waals surface area contributed by atoms with E-state index >= 15 is 0 Å². The largest absolute Gasteiger partial charge is 0.468 e. The highest BCUT2D eigenvalue weighted by atomic mass is 19.1. The van der Waals surface area contributed by atoms with Crippen LogP contribution in [0, 0.1) is 11.6 Å². The Bertz CT molecular complexity index is 948. The summed E-state index contributed by atoms with van der Waals surface area (Å²) in [6.07, 6.45) is 0.153. The molecule has 1 aliphatic rings. The van der Waals surface area contributed by atoms with Crippen LogP contribution in [0.1, 0.15) is 24.1 Å². The third-order valence-corrected chi connectivity index (χ3v) is 4.70. The lowest BCUT2D eigenvalue weighted by atomic mass is 10.0. The Morgan fingerprint density at radius 3 is 2.50 bits per heavy atom. The maximum absolute atomic E-state index is 13.4. The molecule has 0 radical (unpaired) electrons. The highest BCUT2D eigenvalue weighted by Gasteiger charge is 2.38. The molecule has 0 bridgehead atoms. The maximum atomic E-state index is 13.4. The SMILES string of the molecule is COC(=O)[C@@H](NNC(=O)C1(C)CN=C(Cc2cc(F)cc(F)c2)N1)c1ccccc1. The van der Waals surface area contributed by atoms with Gasteiger partial charge in [0.25, 0.3) is 5.91 Å². The summed E-state index contributed by atoms with van der Waals surface area (Å²) in [7, 11) is 1.26. The number of hydrogen-bond donors (Lipinski definition) is 3. The number of rotatable bonds is 7. The summed E-state index contributed by atoms with van der Waals surface area (Å²) in [5, 5.41) is 3.00. The summed E-state index contributed by atoms with van der Waals surface area (Å²) in [5.41, 5.74) is 5.17. The van der Waals surface area contributed by atoms with Gasteiger partial charge in [-0.1, -0.05) is 30.3 Å². The number of methoxy groups -OCH3 is 1. The molecule has 0 saturated carbocycles. The van der Waals surface area contributed by atoms with E-state index in [2.05, 4.69) is 21.2 Å². The number of halogens is 2. The Labute approximate surface area is 172 Å². The molecule has 0 spiro atoms. The summed E-state index contributed by atoms with van der Waals surface area (Å²) in [6.45, 7) is 1.77. The Hall–Kier alpha value is -3.33. The van der Waals surface area contributed by atoms with Crippen LogP contribution in [0.15, 0.2) is 53.5 Å². The molecule has 30 heavy (non-hydrogen) atoms. The molecule has 0 aliphatic carbocycles. The zero-order valence-corrected chi connectivity index (χ0v) is 16.5. The Balaban J connectivity index is 1.62. The topological polar surface area (TPSA) is 91.8 Å². The minimum absolute atomic E-state index is 0.127. The zero-order chi connectivity index (χ0) is 21.7. The van der Waals surface area contributed by atoms with Crippen molar-refractivity contribution in [1.82, 2.24) is 16.2 Å². The van der Waals surface area contributed by atoms with E-state index < -0.39 is 35.1 Å². The first kappa shape index (κ1) is 21.4. The molecule has 2 atom stereocenters. The Morgan fingerprint density at radius 2 is 1.87 bits per heavy atom. The zero-order valence-electron chi connectivity index (χ0n) is 16.5. The van der Waals surface area contributed by atoms with Crippen LogP contribution in [0.5, 0.6) is 0 Å². The second-order valence-electron chi connectivity index (χ2n) is 7.14. The van der Waals surface area contributed by atoms with Gasteiger partial charge in [-0.15, -0.1) is 0 Å². The van der Waals surface area contributed by atoms with Crippen LogP contribution < -0.4 is 16.2 Å². The van der Waals surface area contributed by atoms with Gasteiger partial charge >= 0.3 is 5.97 Å². The Kier molecular flexibility index (Phi) is 6.41. The van der Waals surface area contributed by atoms with Crippen molar-refractivity contribution in [1.29, 1.82) is 0 Å². The highest BCUT2D eigenvalue weighted by molar-refractivity contribution is 5.96. The number of nitrogens with one attached hydrogen (secondary N) is 3. The van der Waals surface area contributed by atoms with Gasteiger partial charge in [-0.05, 0) is 30.2 Å². The number of carbonyl (C=O) groups excluding carboxylic acids is 2. The number of ether oxygens (including phenoxy) is 1. The van der Waals surface area contributed by atoms with Gasteiger partial charge in [-0.25, -0.2) is 19.0 Å². The van der Waals surface area contributed by atoms with E-state index in [-0.39, 0.29) is 13.0 Å². The molecule has 0 aromatic heterocycles.